The van der Waals surface area contributed by atoms with Gasteiger partial charge in [0.2, 0.25) is 0 Å². The van der Waals surface area contributed by atoms with Gasteiger partial charge in [-0.3, -0.25) is 0 Å². The molecule has 0 aliphatic carbocycles. The van der Waals surface area contributed by atoms with Crippen molar-refractivity contribution in [2.75, 3.05) is 6.61 Å². The van der Waals surface area contributed by atoms with E-state index in [1.54, 1.807) is 19.9 Å². The van der Waals surface area contributed by atoms with Gasteiger partial charge in [-0.25, -0.2) is 0 Å². The molecule has 1 aromatic carbocycles. The molecular formula is C14H21NO3. The first-order valence-corrected chi connectivity index (χ1v) is 6.01. The number of benzene rings is 1. The number of hydrogen-bond donors (Lipinski definition) is 2. The van der Waals surface area contributed by atoms with Gasteiger partial charge in [0.15, 0.2) is 0 Å². The van der Waals surface area contributed by atoms with E-state index in [0.29, 0.717) is 11.5 Å². The molecule has 1 aromatic rings. The summed E-state index contributed by atoms with van der Waals surface area (Å²) in [7, 11) is 0. The Morgan fingerprint density at radius 2 is 2.11 bits per heavy atom. The van der Waals surface area contributed by atoms with Gasteiger partial charge in [-0.15, -0.1) is 0 Å². The molecule has 0 saturated carbocycles. The maximum Gasteiger partial charge on any atom is 0.120 e. The minimum absolute atomic E-state index is 0.112. The van der Waals surface area contributed by atoms with Crippen LogP contribution in [0.5, 0.6) is 5.75 Å². The van der Waals surface area contributed by atoms with Crippen LogP contribution in [0, 0.1) is 5.92 Å². The zero-order valence-electron chi connectivity index (χ0n) is 11.3. The summed E-state index contributed by atoms with van der Waals surface area (Å²) in [5, 5.41) is 22.0. The van der Waals surface area contributed by atoms with Crippen molar-refractivity contribution in [3.63, 3.8) is 0 Å². The Hall–Kier alpha value is -1.55. The largest absolute Gasteiger partial charge is 0.491 e. The van der Waals surface area contributed by atoms with Gasteiger partial charge in [-0.2, -0.15) is 0 Å². The van der Waals surface area contributed by atoms with Crippen molar-refractivity contribution >= 4 is 5.71 Å². The van der Waals surface area contributed by atoms with Crippen LogP contribution in [0.15, 0.2) is 29.4 Å². The summed E-state index contributed by atoms with van der Waals surface area (Å²) in [6.07, 6.45) is 0. The lowest BCUT2D eigenvalue weighted by Crippen LogP contribution is -2.37. The maximum absolute atomic E-state index is 10.1. The van der Waals surface area contributed by atoms with E-state index in [-0.39, 0.29) is 12.5 Å². The summed E-state index contributed by atoms with van der Waals surface area (Å²) in [6.45, 7) is 7.58. The van der Waals surface area contributed by atoms with Crippen molar-refractivity contribution < 1.29 is 15.1 Å². The number of nitrogens with zero attached hydrogens (tertiary/aromatic N) is 1. The van der Waals surface area contributed by atoms with Gasteiger partial charge in [0.1, 0.15) is 12.4 Å². The van der Waals surface area contributed by atoms with Crippen molar-refractivity contribution in [1.82, 2.24) is 0 Å². The highest BCUT2D eigenvalue weighted by atomic mass is 16.5. The molecule has 0 aromatic heterocycles. The van der Waals surface area contributed by atoms with E-state index in [1.165, 1.54) is 0 Å². The molecule has 1 rings (SSSR count). The molecule has 0 aliphatic heterocycles. The third kappa shape index (κ3) is 3.74. The normalized spacial score (nSPS) is 15.6. The van der Waals surface area contributed by atoms with Gasteiger partial charge in [0.25, 0.3) is 0 Å². The monoisotopic (exact) mass is 251 g/mol. The summed E-state index contributed by atoms with van der Waals surface area (Å²) >= 11 is 0. The molecule has 0 radical (unpaired) electrons. The van der Waals surface area contributed by atoms with Crippen molar-refractivity contribution in [3.05, 3.63) is 29.8 Å². The maximum atomic E-state index is 10.1. The van der Waals surface area contributed by atoms with E-state index in [2.05, 4.69) is 5.16 Å². The van der Waals surface area contributed by atoms with Crippen molar-refractivity contribution in [3.8, 4) is 5.75 Å². The number of oxime groups is 1. The van der Waals surface area contributed by atoms with Gasteiger partial charge in [0, 0.05) is 5.56 Å². The highest BCUT2D eigenvalue weighted by Crippen LogP contribution is 2.20. The fourth-order valence-corrected chi connectivity index (χ4v) is 1.26. The second kappa shape index (κ2) is 5.87. The van der Waals surface area contributed by atoms with Crippen LogP contribution in [0.4, 0.5) is 0 Å². The van der Waals surface area contributed by atoms with Crippen molar-refractivity contribution in [1.29, 1.82) is 0 Å². The van der Waals surface area contributed by atoms with Crippen LogP contribution in [0.25, 0.3) is 0 Å². The van der Waals surface area contributed by atoms with E-state index in [1.807, 2.05) is 32.0 Å². The summed E-state index contributed by atoms with van der Waals surface area (Å²) < 4.78 is 5.58. The molecule has 18 heavy (non-hydrogen) atoms. The number of aliphatic hydroxyl groups is 1. The highest BCUT2D eigenvalue weighted by molar-refractivity contribution is 5.98. The molecule has 0 aliphatic rings. The van der Waals surface area contributed by atoms with Crippen LogP contribution < -0.4 is 4.74 Å². The second-order valence-corrected chi connectivity index (χ2v) is 5.01. The van der Waals surface area contributed by atoms with Crippen molar-refractivity contribution in [2.24, 2.45) is 11.1 Å². The molecule has 1 atom stereocenters. The van der Waals surface area contributed by atoms with Crippen LogP contribution in [-0.2, 0) is 0 Å². The third-order valence-corrected chi connectivity index (χ3v) is 3.18. The van der Waals surface area contributed by atoms with Gasteiger partial charge in [-0.1, -0.05) is 31.1 Å². The summed E-state index contributed by atoms with van der Waals surface area (Å²) in [5.74, 6) is 0.762. The first-order valence-electron chi connectivity index (χ1n) is 6.01. The standard InChI is InChI=1S/C14H21NO3/c1-10(2)14(4,16)9-18-13-7-5-6-12(8-13)11(3)15-17/h5-8,10,16-17H,9H2,1-4H3/b15-11+. The Kier molecular flexibility index (Phi) is 4.73. The van der Waals surface area contributed by atoms with Crippen LogP contribution in [0.1, 0.15) is 33.3 Å². The van der Waals surface area contributed by atoms with Gasteiger partial charge in [0.05, 0.1) is 11.3 Å². The van der Waals surface area contributed by atoms with Crippen molar-refractivity contribution in [2.45, 2.75) is 33.3 Å². The average molecular weight is 251 g/mol. The van der Waals surface area contributed by atoms with Crippen LogP contribution >= 0.6 is 0 Å². The molecule has 0 bridgehead atoms. The van der Waals surface area contributed by atoms with E-state index < -0.39 is 5.60 Å². The quantitative estimate of drug-likeness (QED) is 0.480. The molecule has 4 nitrogen and oxygen atoms in total. The molecule has 2 N–H and O–H groups in total. The van der Waals surface area contributed by atoms with Crippen LogP contribution in [0.3, 0.4) is 0 Å². The Bertz CT molecular complexity index is 425. The molecule has 0 amide bonds. The average Bonchev–Trinajstić information content (AvgIpc) is 2.35. The molecule has 0 saturated heterocycles. The molecular weight excluding hydrogens is 230 g/mol. The topological polar surface area (TPSA) is 62.1 Å². The summed E-state index contributed by atoms with van der Waals surface area (Å²) in [5.41, 5.74) is 0.450. The SMILES string of the molecule is C/C(=N\O)c1cccc(OCC(C)(O)C(C)C)c1. The Morgan fingerprint density at radius 1 is 1.44 bits per heavy atom. The first-order chi connectivity index (χ1) is 8.36. The van der Waals surface area contributed by atoms with Gasteiger partial charge >= 0.3 is 0 Å². The minimum atomic E-state index is -0.865. The zero-order chi connectivity index (χ0) is 13.8. The van der Waals surface area contributed by atoms with Crippen LogP contribution in [0.2, 0.25) is 0 Å². The smallest absolute Gasteiger partial charge is 0.120 e. The van der Waals surface area contributed by atoms with Gasteiger partial charge in [-0.05, 0) is 31.9 Å². The molecule has 4 heteroatoms. The molecule has 100 valence electrons. The highest BCUT2D eigenvalue weighted by Gasteiger charge is 2.25. The lowest BCUT2D eigenvalue weighted by atomic mass is 9.94. The fourth-order valence-electron chi connectivity index (χ4n) is 1.26. The Labute approximate surface area is 108 Å². The lowest BCUT2D eigenvalue weighted by molar-refractivity contribution is -0.0266. The molecule has 0 heterocycles. The molecule has 1 unspecified atom stereocenters. The minimum Gasteiger partial charge on any atom is -0.491 e. The molecule has 0 fully saturated rings. The number of rotatable bonds is 5. The van der Waals surface area contributed by atoms with Gasteiger partial charge < -0.3 is 15.1 Å². The third-order valence-electron chi connectivity index (χ3n) is 3.18. The summed E-state index contributed by atoms with van der Waals surface area (Å²) in [6, 6.07) is 7.25. The van der Waals surface area contributed by atoms with Crippen LogP contribution in [-0.4, -0.2) is 28.2 Å². The van der Waals surface area contributed by atoms with E-state index >= 15 is 0 Å². The fraction of sp³-hybridized carbons (Fsp3) is 0.500. The number of ether oxygens (including phenoxy) is 1. The molecule has 0 spiro atoms. The van der Waals surface area contributed by atoms with E-state index in [4.69, 9.17) is 9.94 Å². The first kappa shape index (κ1) is 14.5. The lowest BCUT2D eigenvalue weighted by Gasteiger charge is -2.27. The van der Waals surface area contributed by atoms with E-state index in [9.17, 15) is 5.11 Å². The van der Waals surface area contributed by atoms with E-state index in [0.717, 1.165) is 5.56 Å². The Balaban J connectivity index is 2.75. The summed E-state index contributed by atoms with van der Waals surface area (Å²) in [4.78, 5) is 0. The predicted molar refractivity (Wildman–Crippen MR) is 71.4 cm³/mol. The Morgan fingerprint density at radius 3 is 2.67 bits per heavy atom. The number of hydrogen-bond acceptors (Lipinski definition) is 4. The second-order valence-electron chi connectivity index (χ2n) is 5.01. The predicted octanol–water partition coefficient (Wildman–Crippen LogP) is 2.67. The zero-order valence-corrected chi connectivity index (χ0v) is 11.3.